The highest BCUT2D eigenvalue weighted by molar-refractivity contribution is 9.11. The van der Waals surface area contributed by atoms with Crippen molar-refractivity contribution < 1.29 is 15.0 Å². The molecule has 7 heteroatoms. The van der Waals surface area contributed by atoms with E-state index in [1.54, 1.807) is 12.1 Å². The van der Waals surface area contributed by atoms with E-state index in [-0.39, 0.29) is 17.4 Å². The quantitative estimate of drug-likeness (QED) is 0.532. The van der Waals surface area contributed by atoms with Gasteiger partial charge in [-0.25, -0.2) is 5.43 Å². The molecule has 2 aromatic carbocycles. The second kappa shape index (κ2) is 6.73. The fourth-order valence-corrected chi connectivity index (χ4v) is 2.72. The average molecular weight is 414 g/mol. The molecule has 5 nitrogen and oxygen atoms in total. The Hall–Kier alpha value is -1.86. The zero-order valence-electron chi connectivity index (χ0n) is 10.5. The van der Waals surface area contributed by atoms with Gasteiger partial charge in [0.2, 0.25) is 0 Å². The summed E-state index contributed by atoms with van der Waals surface area (Å²) in [5.41, 5.74) is 3.46. The second-order valence-electron chi connectivity index (χ2n) is 4.08. The molecule has 21 heavy (non-hydrogen) atoms. The fourth-order valence-electron chi connectivity index (χ4n) is 1.50. The molecule has 0 unspecified atom stereocenters. The van der Waals surface area contributed by atoms with Gasteiger partial charge in [-0.15, -0.1) is 0 Å². The average Bonchev–Trinajstić information content (AvgIpc) is 2.45. The summed E-state index contributed by atoms with van der Waals surface area (Å²) in [7, 11) is 0. The molecule has 0 aromatic heterocycles. The Morgan fingerprint density at radius 2 is 1.67 bits per heavy atom. The van der Waals surface area contributed by atoms with Crippen LogP contribution in [0, 0.1) is 0 Å². The number of hydrazone groups is 1. The van der Waals surface area contributed by atoms with E-state index in [4.69, 9.17) is 5.11 Å². The van der Waals surface area contributed by atoms with Gasteiger partial charge in [-0.3, -0.25) is 4.79 Å². The molecule has 0 saturated carbocycles. The second-order valence-corrected chi connectivity index (χ2v) is 5.79. The lowest BCUT2D eigenvalue weighted by Gasteiger charge is -2.02. The van der Waals surface area contributed by atoms with Crippen LogP contribution in [-0.4, -0.2) is 22.3 Å². The van der Waals surface area contributed by atoms with Crippen LogP contribution in [0.15, 0.2) is 50.4 Å². The number of rotatable bonds is 3. The van der Waals surface area contributed by atoms with Crippen LogP contribution in [0.4, 0.5) is 0 Å². The Balaban J connectivity index is 2.05. The Labute approximate surface area is 137 Å². The van der Waals surface area contributed by atoms with E-state index in [1.165, 1.54) is 30.5 Å². The highest BCUT2D eigenvalue weighted by Crippen LogP contribution is 2.32. The number of phenols is 2. The zero-order valence-corrected chi connectivity index (χ0v) is 13.7. The van der Waals surface area contributed by atoms with Crippen LogP contribution in [0.3, 0.4) is 0 Å². The van der Waals surface area contributed by atoms with Crippen molar-refractivity contribution in [2.75, 3.05) is 0 Å². The first-order valence-corrected chi connectivity index (χ1v) is 7.36. The molecule has 0 heterocycles. The summed E-state index contributed by atoms with van der Waals surface area (Å²) in [6.07, 6.45) is 1.45. The zero-order chi connectivity index (χ0) is 15.4. The van der Waals surface area contributed by atoms with E-state index in [1.807, 2.05) is 0 Å². The maximum Gasteiger partial charge on any atom is 0.271 e. The number of carbonyl (C=O) groups excluding carboxylic acids is 1. The van der Waals surface area contributed by atoms with Gasteiger partial charge in [0.25, 0.3) is 5.91 Å². The van der Waals surface area contributed by atoms with Crippen LogP contribution in [0.25, 0.3) is 0 Å². The maximum atomic E-state index is 11.8. The van der Waals surface area contributed by atoms with Gasteiger partial charge in [0, 0.05) is 5.56 Å². The standard InChI is InChI=1S/C14H10Br2N2O3/c15-11-5-8(6-12(16)13(11)20)7-17-18-14(21)9-1-3-10(19)4-2-9/h1-7,19-20H,(H,18,21)/b17-7+. The first-order chi connectivity index (χ1) is 9.97. The number of nitrogens with one attached hydrogen (secondary N) is 1. The van der Waals surface area contributed by atoms with E-state index in [0.717, 1.165) is 0 Å². The number of amides is 1. The van der Waals surface area contributed by atoms with E-state index >= 15 is 0 Å². The minimum absolute atomic E-state index is 0.0915. The number of carbonyl (C=O) groups is 1. The number of halogens is 2. The SMILES string of the molecule is O=C(N/N=C/c1cc(Br)c(O)c(Br)c1)c1ccc(O)cc1. The number of phenolic OH excluding ortho intramolecular Hbond substituents is 2. The van der Waals surface area contributed by atoms with Crippen molar-refractivity contribution in [3.63, 3.8) is 0 Å². The molecule has 0 spiro atoms. The smallest absolute Gasteiger partial charge is 0.271 e. The predicted octanol–water partition coefficient (Wildman–Crippen LogP) is 3.39. The summed E-state index contributed by atoms with van der Waals surface area (Å²) in [4.78, 5) is 11.8. The summed E-state index contributed by atoms with van der Waals surface area (Å²) < 4.78 is 1.03. The van der Waals surface area contributed by atoms with E-state index in [9.17, 15) is 9.90 Å². The Morgan fingerprint density at radius 1 is 1.10 bits per heavy atom. The van der Waals surface area contributed by atoms with Gasteiger partial charge in [0.15, 0.2) is 0 Å². The van der Waals surface area contributed by atoms with E-state index in [0.29, 0.717) is 20.1 Å². The van der Waals surface area contributed by atoms with Crippen molar-refractivity contribution in [1.29, 1.82) is 0 Å². The van der Waals surface area contributed by atoms with Crippen LogP contribution in [0.2, 0.25) is 0 Å². The number of hydrogen-bond donors (Lipinski definition) is 3. The molecule has 0 aliphatic carbocycles. The van der Waals surface area contributed by atoms with Crippen molar-refractivity contribution in [3.05, 3.63) is 56.5 Å². The normalized spacial score (nSPS) is 10.8. The third-order valence-corrected chi connectivity index (χ3v) is 3.76. The topological polar surface area (TPSA) is 81.9 Å². The van der Waals surface area contributed by atoms with Gasteiger partial charge in [-0.2, -0.15) is 5.10 Å². The molecule has 1 amide bonds. The van der Waals surface area contributed by atoms with Crippen molar-refractivity contribution in [3.8, 4) is 11.5 Å². The van der Waals surface area contributed by atoms with Gasteiger partial charge in [-0.05, 0) is 73.8 Å². The Morgan fingerprint density at radius 3 is 2.24 bits per heavy atom. The molecule has 0 fully saturated rings. The summed E-state index contributed by atoms with van der Waals surface area (Å²) in [5, 5.41) is 22.6. The largest absolute Gasteiger partial charge is 0.508 e. The van der Waals surface area contributed by atoms with Crippen LogP contribution >= 0.6 is 31.9 Å². The lowest BCUT2D eigenvalue weighted by Crippen LogP contribution is -2.17. The van der Waals surface area contributed by atoms with Crippen molar-refractivity contribution >= 4 is 44.0 Å². The number of aromatic hydroxyl groups is 2. The Kier molecular flexibility index (Phi) is 4.98. The number of nitrogens with zero attached hydrogens (tertiary/aromatic N) is 1. The number of hydrogen-bond acceptors (Lipinski definition) is 4. The number of benzene rings is 2. The predicted molar refractivity (Wildman–Crippen MR) is 86.7 cm³/mol. The van der Waals surface area contributed by atoms with Crippen molar-refractivity contribution in [2.45, 2.75) is 0 Å². The van der Waals surface area contributed by atoms with E-state index < -0.39 is 0 Å². The third-order valence-electron chi connectivity index (χ3n) is 2.55. The molecule has 108 valence electrons. The van der Waals surface area contributed by atoms with Gasteiger partial charge in [-0.1, -0.05) is 0 Å². The van der Waals surface area contributed by atoms with Crippen LogP contribution in [-0.2, 0) is 0 Å². The van der Waals surface area contributed by atoms with Gasteiger partial charge < -0.3 is 10.2 Å². The first-order valence-electron chi connectivity index (χ1n) is 5.78. The molecule has 0 saturated heterocycles. The molecule has 0 aliphatic rings. The van der Waals surface area contributed by atoms with Crippen LogP contribution < -0.4 is 5.43 Å². The van der Waals surface area contributed by atoms with Gasteiger partial charge in [0.05, 0.1) is 15.2 Å². The minimum atomic E-state index is -0.386. The molecular formula is C14H10Br2N2O3. The summed E-state index contributed by atoms with van der Waals surface area (Å²) in [6, 6.07) is 9.16. The molecule has 0 aliphatic heterocycles. The lowest BCUT2D eigenvalue weighted by molar-refractivity contribution is 0.0955. The molecule has 0 bridgehead atoms. The van der Waals surface area contributed by atoms with E-state index in [2.05, 4.69) is 42.4 Å². The molecule has 0 radical (unpaired) electrons. The molecule has 3 N–H and O–H groups in total. The lowest BCUT2D eigenvalue weighted by atomic mass is 10.2. The molecule has 0 atom stereocenters. The maximum absolute atomic E-state index is 11.8. The highest BCUT2D eigenvalue weighted by atomic mass is 79.9. The van der Waals surface area contributed by atoms with Gasteiger partial charge in [0.1, 0.15) is 11.5 Å². The van der Waals surface area contributed by atoms with Crippen LogP contribution in [0.1, 0.15) is 15.9 Å². The van der Waals surface area contributed by atoms with Gasteiger partial charge >= 0.3 is 0 Å². The Bertz CT molecular complexity index is 677. The monoisotopic (exact) mass is 412 g/mol. The van der Waals surface area contributed by atoms with Crippen molar-refractivity contribution in [1.82, 2.24) is 5.43 Å². The first kappa shape index (κ1) is 15.5. The molecule has 2 aromatic rings. The highest BCUT2D eigenvalue weighted by Gasteiger charge is 2.05. The summed E-state index contributed by atoms with van der Waals surface area (Å²) in [6.45, 7) is 0. The summed E-state index contributed by atoms with van der Waals surface area (Å²) in [5.74, 6) is -0.197. The van der Waals surface area contributed by atoms with Crippen molar-refractivity contribution in [2.24, 2.45) is 5.10 Å². The third kappa shape index (κ3) is 4.05. The molecule has 2 rings (SSSR count). The van der Waals surface area contributed by atoms with Crippen LogP contribution in [0.5, 0.6) is 11.5 Å². The fraction of sp³-hybridized carbons (Fsp3) is 0. The summed E-state index contributed by atoms with van der Waals surface area (Å²) >= 11 is 6.42. The minimum Gasteiger partial charge on any atom is -0.508 e. The molecular weight excluding hydrogens is 404 g/mol.